The Labute approximate surface area is 116 Å². The van der Waals surface area contributed by atoms with Crippen LogP contribution in [0.2, 0.25) is 0 Å². The quantitative estimate of drug-likeness (QED) is 0.880. The molecule has 0 aliphatic rings. The number of ether oxygens (including phenoxy) is 1. The molecule has 2 rings (SSSR count). The first kappa shape index (κ1) is 13.0. The molecule has 2 aromatic carbocycles. The molecule has 0 atom stereocenters. The van der Waals surface area contributed by atoms with E-state index in [1.165, 1.54) is 5.56 Å². The van der Waals surface area contributed by atoms with Crippen molar-refractivity contribution >= 4 is 21.6 Å². The third-order valence-corrected chi connectivity index (χ3v) is 3.08. The summed E-state index contributed by atoms with van der Waals surface area (Å²) in [4.78, 5) is 0. The molecule has 18 heavy (non-hydrogen) atoms. The van der Waals surface area contributed by atoms with Gasteiger partial charge in [0, 0.05) is 16.7 Å². The molecular formula is C15H16BrNO. The van der Waals surface area contributed by atoms with E-state index in [4.69, 9.17) is 4.74 Å². The predicted molar refractivity (Wildman–Crippen MR) is 79.1 cm³/mol. The van der Waals surface area contributed by atoms with Gasteiger partial charge in [-0.1, -0.05) is 28.1 Å². The molecule has 0 saturated heterocycles. The molecule has 0 aliphatic heterocycles. The Hall–Kier alpha value is -1.48. The first-order valence-corrected chi connectivity index (χ1v) is 6.78. The van der Waals surface area contributed by atoms with Crippen LogP contribution in [-0.4, -0.2) is 6.61 Å². The van der Waals surface area contributed by atoms with Crippen LogP contribution in [0.4, 0.5) is 5.69 Å². The van der Waals surface area contributed by atoms with E-state index < -0.39 is 0 Å². The van der Waals surface area contributed by atoms with Crippen LogP contribution >= 0.6 is 15.9 Å². The number of nitrogens with one attached hydrogen (secondary N) is 1. The van der Waals surface area contributed by atoms with Crippen molar-refractivity contribution in [2.75, 3.05) is 11.9 Å². The lowest BCUT2D eigenvalue weighted by Gasteiger charge is -2.08. The maximum Gasteiger partial charge on any atom is 0.119 e. The summed E-state index contributed by atoms with van der Waals surface area (Å²) in [6, 6.07) is 16.3. The second-order valence-corrected chi connectivity index (χ2v) is 4.86. The first-order valence-electron chi connectivity index (χ1n) is 5.99. The maximum absolute atomic E-state index is 5.48. The molecule has 0 aliphatic carbocycles. The Balaban J connectivity index is 1.97. The highest BCUT2D eigenvalue weighted by Gasteiger charge is 1.97. The number of halogens is 1. The van der Waals surface area contributed by atoms with Crippen molar-refractivity contribution in [1.29, 1.82) is 0 Å². The topological polar surface area (TPSA) is 21.3 Å². The molecule has 0 bridgehead atoms. The molecule has 1 N–H and O–H groups in total. The summed E-state index contributed by atoms with van der Waals surface area (Å²) < 4.78 is 6.57. The number of rotatable bonds is 5. The average Bonchev–Trinajstić information content (AvgIpc) is 2.39. The number of anilines is 1. The molecule has 0 aromatic heterocycles. The van der Waals surface area contributed by atoms with Crippen molar-refractivity contribution in [2.24, 2.45) is 0 Å². The van der Waals surface area contributed by atoms with Crippen LogP contribution in [-0.2, 0) is 6.54 Å². The predicted octanol–water partition coefficient (Wildman–Crippen LogP) is 4.46. The van der Waals surface area contributed by atoms with Gasteiger partial charge in [0.2, 0.25) is 0 Å². The highest BCUT2D eigenvalue weighted by Crippen LogP contribution is 2.17. The highest BCUT2D eigenvalue weighted by molar-refractivity contribution is 9.10. The van der Waals surface area contributed by atoms with Crippen LogP contribution in [0.3, 0.4) is 0 Å². The van der Waals surface area contributed by atoms with Gasteiger partial charge in [-0.3, -0.25) is 0 Å². The highest BCUT2D eigenvalue weighted by atomic mass is 79.9. The molecule has 3 heteroatoms. The molecule has 0 amide bonds. The molecule has 0 heterocycles. The summed E-state index contributed by atoms with van der Waals surface area (Å²) in [5, 5.41) is 3.38. The van der Waals surface area contributed by atoms with Crippen LogP contribution in [0.1, 0.15) is 12.5 Å². The molecule has 0 spiro atoms. The van der Waals surface area contributed by atoms with Gasteiger partial charge >= 0.3 is 0 Å². The summed E-state index contributed by atoms with van der Waals surface area (Å²) >= 11 is 3.42. The Morgan fingerprint density at radius 1 is 1.11 bits per heavy atom. The largest absolute Gasteiger partial charge is 0.494 e. The minimum absolute atomic E-state index is 0.698. The zero-order chi connectivity index (χ0) is 12.8. The lowest BCUT2D eigenvalue weighted by atomic mass is 10.2. The molecule has 94 valence electrons. The van der Waals surface area contributed by atoms with E-state index in [1.54, 1.807) is 0 Å². The fourth-order valence-electron chi connectivity index (χ4n) is 1.68. The lowest BCUT2D eigenvalue weighted by molar-refractivity contribution is 0.340. The third-order valence-electron chi connectivity index (χ3n) is 2.55. The number of benzene rings is 2. The summed E-state index contributed by atoms with van der Waals surface area (Å²) in [5.74, 6) is 0.924. The van der Waals surface area contributed by atoms with E-state index in [1.807, 2.05) is 31.2 Å². The van der Waals surface area contributed by atoms with Gasteiger partial charge in [-0.2, -0.15) is 0 Å². The Kier molecular flexibility index (Phi) is 4.65. The SMILES string of the molecule is CCOc1cccc(CNc2ccc(Br)cc2)c1. The van der Waals surface area contributed by atoms with Gasteiger partial charge in [0.15, 0.2) is 0 Å². The van der Waals surface area contributed by atoms with Gasteiger partial charge in [0.1, 0.15) is 5.75 Å². The van der Waals surface area contributed by atoms with Gasteiger partial charge in [0.25, 0.3) is 0 Å². The standard InChI is InChI=1S/C15H16BrNO/c1-2-18-15-5-3-4-12(10-15)11-17-14-8-6-13(16)7-9-14/h3-10,17H,2,11H2,1H3. The summed E-state index contributed by atoms with van der Waals surface area (Å²) in [5.41, 5.74) is 2.32. The Morgan fingerprint density at radius 3 is 2.61 bits per heavy atom. The van der Waals surface area contributed by atoms with Crippen molar-refractivity contribution in [3.63, 3.8) is 0 Å². The van der Waals surface area contributed by atoms with Gasteiger partial charge in [-0.25, -0.2) is 0 Å². The average molecular weight is 306 g/mol. The second-order valence-electron chi connectivity index (χ2n) is 3.94. The van der Waals surface area contributed by atoms with Gasteiger partial charge in [0.05, 0.1) is 6.61 Å². The third kappa shape index (κ3) is 3.77. The Morgan fingerprint density at radius 2 is 1.89 bits per heavy atom. The normalized spacial score (nSPS) is 10.1. The van der Waals surface area contributed by atoms with Crippen molar-refractivity contribution in [1.82, 2.24) is 0 Å². The fraction of sp³-hybridized carbons (Fsp3) is 0.200. The summed E-state index contributed by atoms with van der Waals surface area (Å²) in [7, 11) is 0. The van der Waals surface area contributed by atoms with Gasteiger partial charge in [-0.15, -0.1) is 0 Å². The van der Waals surface area contributed by atoms with E-state index >= 15 is 0 Å². The van der Waals surface area contributed by atoms with Crippen LogP contribution < -0.4 is 10.1 Å². The van der Waals surface area contributed by atoms with Crippen LogP contribution in [0.15, 0.2) is 53.0 Å². The van der Waals surface area contributed by atoms with E-state index in [2.05, 4.69) is 45.5 Å². The zero-order valence-electron chi connectivity index (χ0n) is 10.3. The van der Waals surface area contributed by atoms with Crippen molar-refractivity contribution < 1.29 is 4.74 Å². The van der Waals surface area contributed by atoms with Crippen LogP contribution in [0.5, 0.6) is 5.75 Å². The van der Waals surface area contributed by atoms with E-state index in [0.29, 0.717) is 6.61 Å². The summed E-state index contributed by atoms with van der Waals surface area (Å²) in [6.07, 6.45) is 0. The van der Waals surface area contributed by atoms with Gasteiger partial charge in [-0.05, 0) is 48.9 Å². The molecule has 0 unspecified atom stereocenters. The first-order chi connectivity index (χ1) is 8.78. The molecule has 0 radical (unpaired) electrons. The van der Waals surface area contributed by atoms with E-state index in [9.17, 15) is 0 Å². The molecule has 2 aromatic rings. The minimum Gasteiger partial charge on any atom is -0.494 e. The smallest absolute Gasteiger partial charge is 0.119 e. The number of hydrogen-bond acceptors (Lipinski definition) is 2. The molecular weight excluding hydrogens is 290 g/mol. The maximum atomic E-state index is 5.48. The van der Waals surface area contributed by atoms with E-state index in [-0.39, 0.29) is 0 Å². The fourth-order valence-corrected chi connectivity index (χ4v) is 1.95. The molecule has 0 fully saturated rings. The molecule has 0 saturated carbocycles. The van der Waals surface area contributed by atoms with Crippen molar-refractivity contribution in [3.05, 3.63) is 58.6 Å². The zero-order valence-corrected chi connectivity index (χ0v) is 11.9. The minimum atomic E-state index is 0.698. The van der Waals surface area contributed by atoms with Gasteiger partial charge < -0.3 is 10.1 Å². The van der Waals surface area contributed by atoms with E-state index in [0.717, 1.165) is 22.5 Å². The van der Waals surface area contributed by atoms with Crippen LogP contribution in [0.25, 0.3) is 0 Å². The second kappa shape index (κ2) is 6.45. The monoisotopic (exact) mass is 305 g/mol. The summed E-state index contributed by atoms with van der Waals surface area (Å²) in [6.45, 7) is 3.49. The van der Waals surface area contributed by atoms with Crippen molar-refractivity contribution in [3.8, 4) is 5.75 Å². The van der Waals surface area contributed by atoms with Crippen LogP contribution in [0, 0.1) is 0 Å². The Bertz CT molecular complexity index is 496. The van der Waals surface area contributed by atoms with Crippen molar-refractivity contribution in [2.45, 2.75) is 13.5 Å². The number of hydrogen-bond donors (Lipinski definition) is 1. The molecule has 2 nitrogen and oxygen atoms in total. The lowest BCUT2D eigenvalue weighted by Crippen LogP contribution is -2.00.